The fourth-order valence-electron chi connectivity index (χ4n) is 3.96. The van der Waals surface area contributed by atoms with Crippen LogP contribution >= 0.6 is 11.8 Å². The topological polar surface area (TPSA) is 81.9 Å². The molecule has 0 bridgehead atoms. The lowest BCUT2D eigenvalue weighted by Crippen LogP contribution is -2.31. The highest BCUT2D eigenvalue weighted by Crippen LogP contribution is 2.29. The summed E-state index contributed by atoms with van der Waals surface area (Å²) in [5.41, 5.74) is 1.97. The quantitative estimate of drug-likeness (QED) is 0.410. The Morgan fingerprint density at radius 2 is 1.74 bits per heavy atom. The molecule has 3 aromatic rings. The lowest BCUT2D eigenvalue weighted by Gasteiger charge is -2.27. The molecule has 1 fully saturated rings. The van der Waals surface area contributed by atoms with Gasteiger partial charge in [-0.1, -0.05) is 36.0 Å². The molecule has 182 valence electrons. The van der Waals surface area contributed by atoms with Crippen LogP contribution < -0.4 is 14.4 Å². The Morgan fingerprint density at radius 3 is 2.47 bits per heavy atom. The minimum absolute atomic E-state index is 0.222. The minimum atomic E-state index is -0.635. The zero-order chi connectivity index (χ0) is 23.8. The van der Waals surface area contributed by atoms with E-state index in [1.54, 1.807) is 14.2 Å². The maximum absolute atomic E-state index is 10.5. The fourth-order valence-corrected chi connectivity index (χ4v) is 4.81. The SMILES string of the molecule is COc1ccc(COCC(O)CSc2nnc(N3CCCCC3)n2-c2ccccc2)cc1OC. The molecule has 9 heteroatoms. The molecule has 8 nitrogen and oxygen atoms in total. The predicted octanol–water partition coefficient (Wildman–Crippen LogP) is 3.94. The number of rotatable bonds is 11. The van der Waals surface area contributed by atoms with Crippen LogP contribution in [0, 0.1) is 0 Å². The average molecular weight is 485 g/mol. The van der Waals surface area contributed by atoms with E-state index >= 15 is 0 Å². The van der Waals surface area contributed by atoms with Gasteiger partial charge in [0.25, 0.3) is 0 Å². The number of anilines is 1. The van der Waals surface area contributed by atoms with Crippen LogP contribution in [0.4, 0.5) is 5.95 Å². The third kappa shape index (κ3) is 6.02. The smallest absolute Gasteiger partial charge is 0.232 e. The summed E-state index contributed by atoms with van der Waals surface area (Å²) in [7, 11) is 3.21. The van der Waals surface area contributed by atoms with Crippen LogP contribution in [0.2, 0.25) is 0 Å². The van der Waals surface area contributed by atoms with Gasteiger partial charge >= 0.3 is 0 Å². The van der Waals surface area contributed by atoms with E-state index in [4.69, 9.17) is 14.2 Å². The van der Waals surface area contributed by atoms with Gasteiger partial charge in [-0.05, 0) is 49.1 Å². The summed E-state index contributed by atoms with van der Waals surface area (Å²) in [6, 6.07) is 15.8. The van der Waals surface area contributed by atoms with Crippen LogP contribution in [-0.2, 0) is 11.3 Å². The molecule has 1 atom stereocenters. The fraction of sp³-hybridized carbons (Fsp3) is 0.440. The highest BCUT2D eigenvalue weighted by Gasteiger charge is 2.22. The first-order valence-electron chi connectivity index (χ1n) is 11.5. The number of aliphatic hydroxyl groups is 1. The highest BCUT2D eigenvalue weighted by atomic mass is 32.2. The number of aliphatic hydroxyl groups excluding tert-OH is 1. The molecular weight excluding hydrogens is 452 g/mol. The third-order valence-corrected chi connectivity index (χ3v) is 6.78. The molecule has 0 saturated carbocycles. The summed E-state index contributed by atoms with van der Waals surface area (Å²) >= 11 is 1.49. The standard InChI is InChI=1S/C25H32N4O4S/c1-31-22-12-11-19(15-23(22)32-2)16-33-17-21(30)18-34-25-27-26-24(28-13-7-4-8-14-28)29(25)20-9-5-3-6-10-20/h3,5-6,9-12,15,21,30H,4,7-8,13-14,16-18H2,1-2H3. The first-order chi connectivity index (χ1) is 16.7. The second kappa shape index (κ2) is 12.1. The maximum Gasteiger partial charge on any atom is 0.232 e. The van der Waals surface area contributed by atoms with E-state index in [2.05, 4.69) is 31.8 Å². The van der Waals surface area contributed by atoms with Gasteiger partial charge in [-0.3, -0.25) is 4.57 Å². The number of thioether (sulfide) groups is 1. The van der Waals surface area contributed by atoms with E-state index in [1.165, 1.54) is 31.0 Å². The van der Waals surface area contributed by atoms with Gasteiger partial charge in [0.1, 0.15) is 0 Å². The Balaban J connectivity index is 1.36. The van der Waals surface area contributed by atoms with Crippen LogP contribution in [0.1, 0.15) is 24.8 Å². The van der Waals surface area contributed by atoms with Gasteiger partial charge in [-0.25, -0.2) is 0 Å². The number of nitrogens with zero attached hydrogens (tertiary/aromatic N) is 4. The van der Waals surface area contributed by atoms with E-state index in [0.29, 0.717) is 23.9 Å². The van der Waals surface area contributed by atoms with Gasteiger partial charge in [0.15, 0.2) is 16.7 Å². The van der Waals surface area contributed by atoms with Crippen LogP contribution in [0.5, 0.6) is 11.5 Å². The number of aromatic nitrogens is 3. The number of ether oxygens (including phenoxy) is 3. The van der Waals surface area contributed by atoms with E-state index in [-0.39, 0.29) is 6.61 Å². The largest absolute Gasteiger partial charge is 0.493 e. The Bertz CT molecular complexity index is 1040. The van der Waals surface area contributed by atoms with E-state index in [0.717, 1.165) is 35.4 Å². The molecule has 1 N–H and O–H groups in total. The van der Waals surface area contributed by atoms with Crippen LogP contribution in [0.3, 0.4) is 0 Å². The Kier molecular flexibility index (Phi) is 8.67. The lowest BCUT2D eigenvalue weighted by molar-refractivity contribution is 0.0397. The van der Waals surface area contributed by atoms with Crippen molar-refractivity contribution in [2.75, 3.05) is 44.6 Å². The molecule has 34 heavy (non-hydrogen) atoms. The van der Waals surface area contributed by atoms with Gasteiger partial charge in [-0.2, -0.15) is 0 Å². The number of hydrogen-bond acceptors (Lipinski definition) is 8. The van der Waals surface area contributed by atoms with Crippen molar-refractivity contribution in [3.63, 3.8) is 0 Å². The van der Waals surface area contributed by atoms with Crippen molar-refractivity contribution in [3.05, 3.63) is 54.1 Å². The summed E-state index contributed by atoms with van der Waals surface area (Å²) in [6.07, 6.45) is 2.96. The van der Waals surface area contributed by atoms with Crippen molar-refractivity contribution in [1.82, 2.24) is 14.8 Å². The Morgan fingerprint density at radius 1 is 0.971 bits per heavy atom. The van der Waals surface area contributed by atoms with Crippen molar-refractivity contribution >= 4 is 17.7 Å². The molecule has 1 saturated heterocycles. The van der Waals surface area contributed by atoms with Gasteiger partial charge in [0.05, 0.1) is 39.2 Å². The first-order valence-corrected chi connectivity index (χ1v) is 12.5. The van der Waals surface area contributed by atoms with Gasteiger partial charge in [0.2, 0.25) is 5.95 Å². The van der Waals surface area contributed by atoms with Crippen molar-refractivity contribution in [2.45, 2.75) is 37.1 Å². The van der Waals surface area contributed by atoms with E-state index in [1.807, 2.05) is 36.4 Å². The molecule has 2 aromatic carbocycles. The second-order valence-electron chi connectivity index (χ2n) is 8.17. The molecule has 1 aliphatic rings. The molecule has 1 unspecified atom stereocenters. The highest BCUT2D eigenvalue weighted by molar-refractivity contribution is 7.99. The van der Waals surface area contributed by atoms with E-state index in [9.17, 15) is 5.11 Å². The molecule has 0 aliphatic carbocycles. The summed E-state index contributed by atoms with van der Waals surface area (Å²) < 4.78 is 18.4. The Labute approximate surface area is 204 Å². The number of para-hydroxylation sites is 1. The van der Waals surface area contributed by atoms with Crippen LogP contribution in [-0.4, -0.2) is 65.6 Å². The van der Waals surface area contributed by atoms with Crippen molar-refractivity contribution in [3.8, 4) is 17.2 Å². The molecule has 0 amide bonds. The monoisotopic (exact) mass is 484 g/mol. The van der Waals surface area contributed by atoms with Gasteiger partial charge in [0, 0.05) is 18.8 Å². The molecule has 1 aliphatic heterocycles. The van der Waals surface area contributed by atoms with Crippen molar-refractivity contribution in [1.29, 1.82) is 0 Å². The third-order valence-electron chi connectivity index (χ3n) is 5.70. The maximum atomic E-state index is 10.5. The summed E-state index contributed by atoms with van der Waals surface area (Å²) in [6.45, 7) is 2.58. The number of hydrogen-bond donors (Lipinski definition) is 1. The average Bonchev–Trinajstić information content (AvgIpc) is 3.32. The van der Waals surface area contributed by atoms with E-state index < -0.39 is 6.10 Å². The molecule has 2 heterocycles. The van der Waals surface area contributed by atoms with Gasteiger partial charge in [-0.15, -0.1) is 10.2 Å². The van der Waals surface area contributed by atoms with Crippen molar-refractivity contribution in [2.24, 2.45) is 0 Å². The summed E-state index contributed by atoms with van der Waals surface area (Å²) in [4.78, 5) is 2.30. The predicted molar refractivity (Wildman–Crippen MR) is 133 cm³/mol. The lowest BCUT2D eigenvalue weighted by atomic mass is 10.1. The van der Waals surface area contributed by atoms with Crippen LogP contribution in [0.15, 0.2) is 53.7 Å². The second-order valence-corrected chi connectivity index (χ2v) is 9.16. The summed E-state index contributed by atoms with van der Waals surface area (Å²) in [5.74, 6) is 2.66. The molecular formula is C25H32N4O4S. The Hall–Kier alpha value is -2.75. The summed E-state index contributed by atoms with van der Waals surface area (Å²) in [5, 5.41) is 20.3. The van der Waals surface area contributed by atoms with Crippen LogP contribution in [0.25, 0.3) is 5.69 Å². The number of piperidine rings is 1. The number of methoxy groups -OCH3 is 2. The minimum Gasteiger partial charge on any atom is -0.493 e. The first kappa shape index (κ1) is 24.4. The van der Waals surface area contributed by atoms with Crippen molar-refractivity contribution < 1.29 is 19.3 Å². The molecule has 0 radical (unpaired) electrons. The number of benzene rings is 2. The molecule has 0 spiro atoms. The zero-order valence-corrected chi connectivity index (χ0v) is 20.5. The molecule has 4 rings (SSSR count). The zero-order valence-electron chi connectivity index (χ0n) is 19.7. The van der Waals surface area contributed by atoms with Gasteiger partial charge < -0.3 is 24.2 Å². The molecule has 1 aromatic heterocycles. The normalized spacial score (nSPS) is 14.7.